The SMILES string of the molecule is COc1ncc(C=CCCN)c(C)c1[N+](=O)[O-]. The molecule has 0 radical (unpaired) electrons. The van der Waals surface area contributed by atoms with Crippen LogP contribution in [0.4, 0.5) is 5.69 Å². The lowest BCUT2D eigenvalue weighted by Crippen LogP contribution is -2.00. The molecule has 0 unspecified atom stereocenters. The molecule has 6 nitrogen and oxygen atoms in total. The van der Waals surface area contributed by atoms with Crippen LogP contribution in [0.25, 0.3) is 6.08 Å². The number of rotatable bonds is 5. The molecule has 1 aromatic heterocycles. The average Bonchev–Trinajstić information content (AvgIpc) is 2.30. The van der Waals surface area contributed by atoms with E-state index in [0.29, 0.717) is 17.7 Å². The molecule has 2 N–H and O–H groups in total. The number of nitro groups is 1. The third kappa shape index (κ3) is 3.01. The van der Waals surface area contributed by atoms with E-state index in [1.807, 2.05) is 6.08 Å². The monoisotopic (exact) mass is 237 g/mol. The third-order valence-corrected chi connectivity index (χ3v) is 2.32. The van der Waals surface area contributed by atoms with Crippen LogP contribution in [0, 0.1) is 17.0 Å². The Labute approximate surface area is 99.3 Å². The fourth-order valence-corrected chi connectivity index (χ4v) is 1.42. The number of ether oxygens (including phenoxy) is 1. The second-order valence-corrected chi connectivity index (χ2v) is 3.43. The second-order valence-electron chi connectivity index (χ2n) is 3.43. The average molecular weight is 237 g/mol. The molecule has 92 valence electrons. The Morgan fingerprint density at radius 1 is 1.65 bits per heavy atom. The smallest absolute Gasteiger partial charge is 0.334 e. The van der Waals surface area contributed by atoms with E-state index < -0.39 is 4.92 Å². The van der Waals surface area contributed by atoms with Gasteiger partial charge in [-0.3, -0.25) is 10.1 Å². The minimum absolute atomic E-state index is 0.0310. The van der Waals surface area contributed by atoms with Crippen LogP contribution in [0.2, 0.25) is 0 Å². The summed E-state index contributed by atoms with van der Waals surface area (Å²) in [5, 5.41) is 10.9. The van der Waals surface area contributed by atoms with Crippen LogP contribution in [-0.4, -0.2) is 23.6 Å². The van der Waals surface area contributed by atoms with E-state index in [-0.39, 0.29) is 11.6 Å². The summed E-state index contributed by atoms with van der Waals surface area (Å²) in [7, 11) is 1.36. The zero-order chi connectivity index (χ0) is 12.8. The van der Waals surface area contributed by atoms with Crippen LogP contribution >= 0.6 is 0 Å². The van der Waals surface area contributed by atoms with Crippen LogP contribution in [0.1, 0.15) is 17.5 Å². The standard InChI is InChI=1S/C11H15N3O3/c1-8-9(5-3-4-6-12)7-13-11(17-2)10(8)14(15)16/h3,5,7H,4,6,12H2,1-2H3. The molecule has 0 aliphatic heterocycles. The Hall–Kier alpha value is -1.95. The van der Waals surface area contributed by atoms with Crippen molar-refractivity contribution in [3.8, 4) is 5.88 Å². The number of hydrogen-bond donors (Lipinski definition) is 1. The molecule has 1 heterocycles. The molecule has 0 amide bonds. The molecule has 0 spiro atoms. The predicted octanol–water partition coefficient (Wildman–Crippen LogP) is 1.67. The van der Waals surface area contributed by atoms with Gasteiger partial charge in [0.15, 0.2) is 0 Å². The van der Waals surface area contributed by atoms with E-state index >= 15 is 0 Å². The van der Waals surface area contributed by atoms with Gasteiger partial charge < -0.3 is 10.5 Å². The molecule has 0 aliphatic carbocycles. The zero-order valence-electron chi connectivity index (χ0n) is 9.84. The van der Waals surface area contributed by atoms with Crippen molar-refractivity contribution in [3.63, 3.8) is 0 Å². The van der Waals surface area contributed by atoms with Gasteiger partial charge in [0, 0.05) is 17.3 Å². The molecule has 0 aliphatic rings. The lowest BCUT2D eigenvalue weighted by molar-refractivity contribution is -0.386. The third-order valence-electron chi connectivity index (χ3n) is 2.32. The maximum atomic E-state index is 10.9. The molecule has 6 heteroatoms. The van der Waals surface area contributed by atoms with Gasteiger partial charge in [-0.25, -0.2) is 4.98 Å². The quantitative estimate of drug-likeness (QED) is 0.621. The van der Waals surface area contributed by atoms with Gasteiger partial charge in [-0.15, -0.1) is 0 Å². The van der Waals surface area contributed by atoms with E-state index in [9.17, 15) is 10.1 Å². The van der Waals surface area contributed by atoms with E-state index in [0.717, 1.165) is 6.42 Å². The molecule has 1 rings (SSSR count). The number of methoxy groups -OCH3 is 1. The Morgan fingerprint density at radius 3 is 2.88 bits per heavy atom. The van der Waals surface area contributed by atoms with Crippen molar-refractivity contribution in [3.05, 3.63) is 33.5 Å². The first-order valence-corrected chi connectivity index (χ1v) is 5.16. The first-order valence-electron chi connectivity index (χ1n) is 5.16. The van der Waals surface area contributed by atoms with Crippen molar-refractivity contribution >= 4 is 11.8 Å². The van der Waals surface area contributed by atoms with Crippen molar-refractivity contribution in [1.82, 2.24) is 4.98 Å². The Morgan fingerprint density at radius 2 is 2.35 bits per heavy atom. The summed E-state index contributed by atoms with van der Waals surface area (Å²) >= 11 is 0. The van der Waals surface area contributed by atoms with E-state index in [2.05, 4.69) is 4.98 Å². The van der Waals surface area contributed by atoms with Crippen LogP contribution in [-0.2, 0) is 0 Å². The predicted molar refractivity (Wildman–Crippen MR) is 64.9 cm³/mol. The van der Waals surface area contributed by atoms with Crippen molar-refractivity contribution in [1.29, 1.82) is 0 Å². The fraction of sp³-hybridized carbons (Fsp3) is 0.364. The van der Waals surface area contributed by atoms with Gasteiger partial charge in [0.1, 0.15) is 0 Å². The lowest BCUT2D eigenvalue weighted by Gasteiger charge is -2.05. The minimum Gasteiger partial charge on any atom is -0.476 e. The molecular weight excluding hydrogens is 222 g/mol. The molecule has 0 saturated heterocycles. The highest BCUT2D eigenvalue weighted by atomic mass is 16.6. The Balaban J connectivity index is 3.18. The van der Waals surface area contributed by atoms with Crippen LogP contribution in [0.3, 0.4) is 0 Å². The maximum Gasteiger partial charge on any atom is 0.334 e. The van der Waals surface area contributed by atoms with Gasteiger partial charge in [0.25, 0.3) is 5.88 Å². The number of aromatic nitrogens is 1. The summed E-state index contributed by atoms with van der Waals surface area (Å²) in [5.41, 5.74) is 6.50. The van der Waals surface area contributed by atoms with Gasteiger partial charge in [0.05, 0.1) is 12.0 Å². The lowest BCUT2D eigenvalue weighted by atomic mass is 10.1. The highest BCUT2D eigenvalue weighted by molar-refractivity contribution is 5.61. The number of nitrogens with two attached hydrogens (primary N) is 1. The highest BCUT2D eigenvalue weighted by Gasteiger charge is 2.21. The molecule has 0 aromatic carbocycles. The Bertz CT molecular complexity index is 444. The zero-order valence-corrected chi connectivity index (χ0v) is 9.84. The van der Waals surface area contributed by atoms with Crippen LogP contribution in [0.15, 0.2) is 12.3 Å². The molecule has 0 atom stereocenters. The Kier molecular flexibility index (Phi) is 4.59. The minimum atomic E-state index is -0.485. The van der Waals surface area contributed by atoms with Gasteiger partial charge >= 0.3 is 5.69 Å². The molecule has 17 heavy (non-hydrogen) atoms. The molecule has 0 bridgehead atoms. The van der Waals surface area contributed by atoms with Crippen LogP contribution < -0.4 is 10.5 Å². The van der Waals surface area contributed by atoms with E-state index in [1.54, 1.807) is 19.2 Å². The molecule has 1 aromatic rings. The van der Waals surface area contributed by atoms with E-state index in [4.69, 9.17) is 10.5 Å². The second kappa shape index (κ2) is 5.95. The fourth-order valence-electron chi connectivity index (χ4n) is 1.42. The van der Waals surface area contributed by atoms with Crippen molar-refractivity contribution in [2.45, 2.75) is 13.3 Å². The first-order chi connectivity index (χ1) is 8.11. The van der Waals surface area contributed by atoms with Crippen molar-refractivity contribution in [2.24, 2.45) is 5.73 Å². The summed E-state index contributed by atoms with van der Waals surface area (Å²) in [5.74, 6) is 0.0310. The van der Waals surface area contributed by atoms with Crippen molar-refractivity contribution in [2.75, 3.05) is 13.7 Å². The first kappa shape index (κ1) is 13.1. The number of hydrogen-bond acceptors (Lipinski definition) is 5. The molecule has 0 saturated carbocycles. The number of nitrogens with zero attached hydrogens (tertiary/aromatic N) is 2. The summed E-state index contributed by atoms with van der Waals surface area (Å²) in [6.07, 6.45) is 5.91. The maximum absolute atomic E-state index is 10.9. The largest absolute Gasteiger partial charge is 0.476 e. The van der Waals surface area contributed by atoms with Gasteiger partial charge in [-0.1, -0.05) is 12.2 Å². The van der Waals surface area contributed by atoms with Crippen molar-refractivity contribution < 1.29 is 9.66 Å². The summed E-state index contributed by atoms with van der Waals surface area (Å²) in [6.45, 7) is 2.21. The normalized spacial score (nSPS) is 10.8. The topological polar surface area (TPSA) is 91.3 Å². The summed E-state index contributed by atoms with van der Waals surface area (Å²) in [4.78, 5) is 14.4. The summed E-state index contributed by atoms with van der Waals surface area (Å²) in [6, 6.07) is 0. The highest BCUT2D eigenvalue weighted by Crippen LogP contribution is 2.30. The summed E-state index contributed by atoms with van der Waals surface area (Å²) < 4.78 is 4.87. The van der Waals surface area contributed by atoms with Gasteiger partial charge in [-0.2, -0.15) is 0 Å². The van der Waals surface area contributed by atoms with E-state index in [1.165, 1.54) is 7.11 Å². The van der Waals surface area contributed by atoms with Gasteiger partial charge in [-0.05, 0) is 19.9 Å². The van der Waals surface area contributed by atoms with Crippen LogP contribution in [0.5, 0.6) is 5.88 Å². The molecule has 0 fully saturated rings. The molecular formula is C11H15N3O3. The van der Waals surface area contributed by atoms with Gasteiger partial charge in [0.2, 0.25) is 0 Å². The number of pyridine rings is 1.